The van der Waals surface area contributed by atoms with Crippen LogP contribution in [0, 0.1) is 5.92 Å². The van der Waals surface area contributed by atoms with Gasteiger partial charge in [0.05, 0.1) is 12.8 Å². The minimum Gasteiger partial charge on any atom is -0.497 e. The molecule has 7 nitrogen and oxygen atoms in total. The highest BCUT2D eigenvalue weighted by atomic mass is 16.5. The van der Waals surface area contributed by atoms with E-state index in [1.807, 2.05) is 30.8 Å². The highest BCUT2D eigenvalue weighted by Crippen LogP contribution is 2.42. The maximum Gasteiger partial charge on any atom is 0.407 e. The minimum atomic E-state index is -0.299. The highest BCUT2D eigenvalue weighted by molar-refractivity contribution is 5.67. The summed E-state index contributed by atoms with van der Waals surface area (Å²) in [4.78, 5) is 14.3. The SMILES string of the molecule is CCCNC(=O)OC[C@H]1C[C@H]2CCN1C[C@@H]2c1cc(-c2ccc(OC)cc2)nn1C. The van der Waals surface area contributed by atoms with Crippen LogP contribution in [0.25, 0.3) is 11.3 Å². The Morgan fingerprint density at radius 3 is 2.77 bits per heavy atom. The van der Waals surface area contributed by atoms with Gasteiger partial charge >= 0.3 is 6.09 Å². The number of hydrogen-bond donors (Lipinski definition) is 1. The molecule has 1 amide bonds. The molecule has 7 heteroatoms. The molecule has 5 rings (SSSR count). The van der Waals surface area contributed by atoms with Crippen LogP contribution in [0.15, 0.2) is 30.3 Å². The van der Waals surface area contributed by atoms with Crippen LogP contribution in [0.4, 0.5) is 4.79 Å². The number of carbonyl (C=O) groups excluding carboxylic acids is 1. The third-order valence-corrected chi connectivity index (χ3v) is 6.49. The molecule has 30 heavy (non-hydrogen) atoms. The molecule has 0 spiro atoms. The molecule has 2 aromatic rings. The monoisotopic (exact) mass is 412 g/mol. The Kier molecular flexibility index (Phi) is 6.27. The number of methoxy groups -OCH3 is 1. The van der Waals surface area contributed by atoms with Gasteiger partial charge in [0, 0.05) is 43.4 Å². The van der Waals surface area contributed by atoms with E-state index in [-0.39, 0.29) is 6.09 Å². The van der Waals surface area contributed by atoms with Crippen molar-refractivity contribution in [3.8, 4) is 17.0 Å². The molecule has 3 saturated heterocycles. The Bertz CT molecular complexity index is 864. The Morgan fingerprint density at radius 1 is 1.30 bits per heavy atom. The number of amides is 1. The zero-order valence-corrected chi connectivity index (χ0v) is 18.1. The number of rotatable bonds is 7. The van der Waals surface area contributed by atoms with Crippen LogP contribution in [0.1, 0.15) is 37.8 Å². The summed E-state index contributed by atoms with van der Waals surface area (Å²) in [6, 6.07) is 10.6. The molecule has 1 unspecified atom stereocenters. The minimum absolute atomic E-state index is 0.299. The molecule has 4 atom stereocenters. The molecule has 1 aromatic heterocycles. The normalized spacial score (nSPS) is 25.2. The summed E-state index contributed by atoms with van der Waals surface area (Å²) >= 11 is 0. The van der Waals surface area contributed by atoms with Crippen molar-refractivity contribution in [2.45, 2.75) is 38.1 Å². The number of alkyl carbamates (subject to hydrolysis) is 1. The first-order valence-corrected chi connectivity index (χ1v) is 10.9. The van der Waals surface area contributed by atoms with Gasteiger partial charge < -0.3 is 14.8 Å². The third-order valence-electron chi connectivity index (χ3n) is 6.49. The second-order valence-corrected chi connectivity index (χ2v) is 8.37. The lowest BCUT2D eigenvalue weighted by Crippen LogP contribution is -2.54. The van der Waals surface area contributed by atoms with Crippen molar-refractivity contribution in [2.75, 3.05) is 33.4 Å². The first-order valence-electron chi connectivity index (χ1n) is 10.9. The molecule has 0 aliphatic carbocycles. The number of nitrogens with one attached hydrogen (secondary N) is 1. The fourth-order valence-corrected chi connectivity index (χ4v) is 4.83. The number of fused-ring (bicyclic) bond motifs is 3. The molecular weight excluding hydrogens is 380 g/mol. The Hall–Kier alpha value is -2.54. The van der Waals surface area contributed by atoms with Crippen LogP contribution < -0.4 is 10.1 Å². The Balaban J connectivity index is 1.41. The van der Waals surface area contributed by atoms with Crippen molar-refractivity contribution >= 4 is 6.09 Å². The van der Waals surface area contributed by atoms with Crippen molar-refractivity contribution in [2.24, 2.45) is 13.0 Å². The maximum absolute atomic E-state index is 11.8. The quantitative estimate of drug-likeness (QED) is 0.755. The number of hydrogen-bond acceptors (Lipinski definition) is 5. The van der Waals surface area contributed by atoms with Crippen molar-refractivity contribution < 1.29 is 14.3 Å². The molecule has 1 aromatic carbocycles. The lowest BCUT2D eigenvalue weighted by molar-refractivity contribution is -0.00414. The molecule has 3 fully saturated rings. The lowest BCUT2D eigenvalue weighted by atomic mass is 9.74. The molecule has 3 aliphatic rings. The number of benzene rings is 1. The molecule has 1 N–H and O–H groups in total. The van der Waals surface area contributed by atoms with E-state index in [2.05, 4.69) is 28.4 Å². The zero-order chi connectivity index (χ0) is 21.1. The summed E-state index contributed by atoms with van der Waals surface area (Å²) < 4.78 is 12.8. The average Bonchev–Trinajstić information content (AvgIpc) is 3.18. The van der Waals surface area contributed by atoms with Crippen LogP contribution in [0.3, 0.4) is 0 Å². The molecule has 3 aliphatic heterocycles. The topological polar surface area (TPSA) is 68.6 Å². The molecule has 4 heterocycles. The van der Waals surface area contributed by atoms with Crippen LogP contribution in [0.5, 0.6) is 5.75 Å². The highest BCUT2D eigenvalue weighted by Gasteiger charge is 2.42. The summed E-state index contributed by atoms with van der Waals surface area (Å²) in [5, 5.41) is 7.57. The van der Waals surface area contributed by atoms with Crippen LogP contribution in [-0.4, -0.2) is 60.2 Å². The van der Waals surface area contributed by atoms with E-state index in [9.17, 15) is 4.79 Å². The Labute approximate surface area is 178 Å². The first kappa shape index (κ1) is 20.7. The smallest absolute Gasteiger partial charge is 0.407 e. The van der Waals surface area contributed by atoms with Gasteiger partial charge in [-0.3, -0.25) is 9.58 Å². The number of ether oxygens (including phenoxy) is 2. The maximum atomic E-state index is 11.8. The summed E-state index contributed by atoms with van der Waals surface area (Å²) in [6.45, 7) is 5.24. The van der Waals surface area contributed by atoms with E-state index in [0.717, 1.165) is 42.9 Å². The fourth-order valence-electron chi connectivity index (χ4n) is 4.83. The third kappa shape index (κ3) is 4.31. The Morgan fingerprint density at radius 2 is 2.10 bits per heavy atom. The van der Waals surface area contributed by atoms with Gasteiger partial charge in [0.2, 0.25) is 0 Å². The van der Waals surface area contributed by atoms with E-state index < -0.39 is 0 Å². The number of piperidine rings is 3. The van der Waals surface area contributed by atoms with E-state index in [0.29, 0.717) is 31.0 Å². The van der Waals surface area contributed by atoms with E-state index in [1.165, 1.54) is 12.1 Å². The summed E-state index contributed by atoms with van der Waals surface area (Å²) in [6.07, 6.45) is 2.87. The second-order valence-electron chi connectivity index (χ2n) is 8.37. The number of nitrogens with zero attached hydrogens (tertiary/aromatic N) is 3. The van der Waals surface area contributed by atoms with Gasteiger partial charge in [-0.1, -0.05) is 6.92 Å². The number of aryl methyl sites for hydroxylation is 1. The zero-order valence-electron chi connectivity index (χ0n) is 18.1. The van der Waals surface area contributed by atoms with Gasteiger partial charge in [0.1, 0.15) is 12.4 Å². The summed E-state index contributed by atoms with van der Waals surface area (Å²) in [5.41, 5.74) is 3.39. The van der Waals surface area contributed by atoms with Gasteiger partial charge in [-0.05, 0) is 62.1 Å². The predicted octanol–water partition coefficient (Wildman–Crippen LogP) is 3.41. The average molecular weight is 413 g/mol. The van der Waals surface area contributed by atoms with Crippen LogP contribution >= 0.6 is 0 Å². The number of aromatic nitrogens is 2. The molecule has 0 saturated carbocycles. The molecule has 0 radical (unpaired) electrons. The van der Waals surface area contributed by atoms with E-state index >= 15 is 0 Å². The largest absolute Gasteiger partial charge is 0.497 e. The summed E-state index contributed by atoms with van der Waals surface area (Å²) in [7, 11) is 3.72. The van der Waals surface area contributed by atoms with Gasteiger partial charge in [-0.2, -0.15) is 5.10 Å². The molecule has 2 bridgehead atoms. The number of carbonyl (C=O) groups is 1. The fraction of sp³-hybridized carbons (Fsp3) is 0.565. The second kappa shape index (κ2) is 9.08. The van der Waals surface area contributed by atoms with E-state index in [4.69, 9.17) is 14.6 Å². The predicted molar refractivity (Wildman–Crippen MR) is 116 cm³/mol. The molecular formula is C23H32N4O3. The standard InChI is InChI=1S/C23H32N4O3/c1-4-10-24-23(28)30-15-18-12-17-9-11-27(18)14-20(17)22-13-21(25-26(22)2)16-5-7-19(29-3)8-6-16/h5-8,13,17-18,20H,4,9-12,14-15H2,1-3H3,(H,24,28)/t17-,18-,20+/m1/s1. The van der Waals surface area contributed by atoms with Gasteiger partial charge in [-0.15, -0.1) is 0 Å². The summed E-state index contributed by atoms with van der Waals surface area (Å²) in [5.74, 6) is 1.92. The van der Waals surface area contributed by atoms with Gasteiger partial charge in [-0.25, -0.2) is 4.79 Å². The van der Waals surface area contributed by atoms with Crippen LogP contribution in [0.2, 0.25) is 0 Å². The first-order chi connectivity index (χ1) is 14.6. The van der Waals surface area contributed by atoms with Gasteiger partial charge in [0.15, 0.2) is 0 Å². The van der Waals surface area contributed by atoms with Crippen molar-refractivity contribution in [3.63, 3.8) is 0 Å². The molecule has 162 valence electrons. The van der Waals surface area contributed by atoms with Crippen molar-refractivity contribution in [3.05, 3.63) is 36.0 Å². The van der Waals surface area contributed by atoms with Crippen LogP contribution in [-0.2, 0) is 11.8 Å². The van der Waals surface area contributed by atoms with Gasteiger partial charge in [0.25, 0.3) is 0 Å². The van der Waals surface area contributed by atoms with E-state index in [1.54, 1.807) is 7.11 Å². The van der Waals surface area contributed by atoms with Crippen molar-refractivity contribution in [1.82, 2.24) is 20.0 Å². The lowest BCUT2D eigenvalue weighted by Gasteiger charge is -2.49. The van der Waals surface area contributed by atoms with Crippen molar-refractivity contribution in [1.29, 1.82) is 0 Å².